The number of amides is 2. The first-order chi connectivity index (χ1) is 10.1. The van der Waals surface area contributed by atoms with E-state index >= 15 is 0 Å². The van der Waals surface area contributed by atoms with E-state index in [1.54, 1.807) is 0 Å². The van der Waals surface area contributed by atoms with E-state index in [2.05, 4.69) is 10.6 Å². The predicted octanol–water partition coefficient (Wildman–Crippen LogP) is 1.49. The minimum Gasteiger partial charge on any atom is -0.393 e. The summed E-state index contributed by atoms with van der Waals surface area (Å²) in [4.78, 5) is 23.6. The molecule has 5 nitrogen and oxygen atoms in total. The number of aliphatic hydroxyl groups is 1. The maximum Gasteiger partial charge on any atom is 0.239 e. The summed E-state index contributed by atoms with van der Waals surface area (Å²) in [5, 5.41) is 15.1. The third kappa shape index (κ3) is 6.04. The molecule has 0 aromatic carbocycles. The van der Waals surface area contributed by atoms with Crippen LogP contribution in [0.1, 0.15) is 64.2 Å². The van der Waals surface area contributed by atoms with Crippen LogP contribution in [0.15, 0.2) is 0 Å². The van der Waals surface area contributed by atoms with Gasteiger partial charge in [-0.15, -0.1) is 0 Å². The summed E-state index contributed by atoms with van der Waals surface area (Å²) in [6.07, 6.45) is 9.52. The summed E-state index contributed by atoms with van der Waals surface area (Å²) in [5.41, 5.74) is 0. The Balaban J connectivity index is 1.58. The highest BCUT2D eigenvalue weighted by molar-refractivity contribution is 5.84. The fourth-order valence-electron chi connectivity index (χ4n) is 3.40. The fourth-order valence-corrected chi connectivity index (χ4v) is 3.40. The Hall–Kier alpha value is -1.10. The zero-order valence-corrected chi connectivity index (χ0v) is 12.8. The van der Waals surface area contributed by atoms with Crippen LogP contribution in [0.25, 0.3) is 0 Å². The van der Waals surface area contributed by atoms with Gasteiger partial charge >= 0.3 is 0 Å². The molecule has 3 N–H and O–H groups in total. The minimum absolute atomic E-state index is 0.00360. The predicted molar refractivity (Wildman–Crippen MR) is 80.6 cm³/mol. The third-order valence-corrected chi connectivity index (χ3v) is 4.71. The van der Waals surface area contributed by atoms with E-state index in [0.29, 0.717) is 12.3 Å². The van der Waals surface area contributed by atoms with Gasteiger partial charge in [-0.25, -0.2) is 0 Å². The van der Waals surface area contributed by atoms with Crippen molar-refractivity contribution in [3.63, 3.8) is 0 Å². The lowest BCUT2D eigenvalue weighted by molar-refractivity contribution is -0.127. The van der Waals surface area contributed by atoms with E-state index in [-0.39, 0.29) is 30.5 Å². The van der Waals surface area contributed by atoms with Gasteiger partial charge in [0.15, 0.2) is 0 Å². The van der Waals surface area contributed by atoms with Gasteiger partial charge in [0.05, 0.1) is 12.6 Å². The number of aliphatic hydroxyl groups excluding tert-OH is 1. The van der Waals surface area contributed by atoms with E-state index in [1.807, 2.05) is 0 Å². The van der Waals surface area contributed by atoms with Crippen LogP contribution in [-0.2, 0) is 9.59 Å². The topological polar surface area (TPSA) is 78.4 Å². The molecule has 0 unspecified atom stereocenters. The van der Waals surface area contributed by atoms with Crippen LogP contribution in [0.3, 0.4) is 0 Å². The van der Waals surface area contributed by atoms with Gasteiger partial charge in [-0.05, 0) is 44.4 Å². The van der Waals surface area contributed by atoms with Gasteiger partial charge in [0.2, 0.25) is 11.8 Å². The molecule has 2 amide bonds. The maximum atomic E-state index is 11.8. The van der Waals surface area contributed by atoms with E-state index in [9.17, 15) is 14.7 Å². The molecule has 0 radical (unpaired) electrons. The molecule has 0 aliphatic heterocycles. The summed E-state index contributed by atoms with van der Waals surface area (Å²) in [5.74, 6) is 0.381. The molecule has 0 spiro atoms. The molecular formula is C16H28N2O3. The number of rotatable bonds is 5. The Kier molecular flexibility index (Phi) is 6.49. The van der Waals surface area contributed by atoms with Crippen molar-refractivity contribution in [1.82, 2.24) is 10.6 Å². The molecule has 2 fully saturated rings. The highest BCUT2D eigenvalue weighted by atomic mass is 16.3. The van der Waals surface area contributed by atoms with Gasteiger partial charge in [0, 0.05) is 12.5 Å². The lowest BCUT2D eigenvalue weighted by atomic mass is 9.87. The lowest BCUT2D eigenvalue weighted by Gasteiger charge is -2.26. The van der Waals surface area contributed by atoms with E-state index in [4.69, 9.17) is 0 Å². The van der Waals surface area contributed by atoms with Crippen LogP contribution in [0.5, 0.6) is 0 Å². The molecule has 0 aromatic rings. The zero-order valence-electron chi connectivity index (χ0n) is 12.8. The Bertz CT molecular complexity index is 345. The highest BCUT2D eigenvalue weighted by Gasteiger charge is 2.21. The second-order valence-corrected chi connectivity index (χ2v) is 6.56. The third-order valence-electron chi connectivity index (χ3n) is 4.71. The van der Waals surface area contributed by atoms with Crippen molar-refractivity contribution in [2.75, 3.05) is 6.54 Å². The normalized spacial score (nSPS) is 27.1. The van der Waals surface area contributed by atoms with Crippen molar-refractivity contribution in [2.24, 2.45) is 5.92 Å². The van der Waals surface area contributed by atoms with Gasteiger partial charge in [0.1, 0.15) is 0 Å². The van der Waals surface area contributed by atoms with Crippen LogP contribution in [0.2, 0.25) is 0 Å². The average molecular weight is 296 g/mol. The summed E-state index contributed by atoms with van der Waals surface area (Å²) >= 11 is 0. The number of hydrogen-bond acceptors (Lipinski definition) is 3. The number of hydrogen-bond donors (Lipinski definition) is 3. The molecule has 2 saturated carbocycles. The van der Waals surface area contributed by atoms with Gasteiger partial charge in [-0.3, -0.25) is 9.59 Å². The number of nitrogens with one attached hydrogen (secondary N) is 2. The van der Waals surface area contributed by atoms with Crippen LogP contribution in [0.4, 0.5) is 0 Å². The first-order valence-corrected chi connectivity index (χ1v) is 8.37. The minimum atomic E-state index is -0.214. The highest BCUT2D eigenvalue weighted by Crippen LogP contribution is 2.26. The van der Waals surface area contributed by atoms with E-state index < -0.39 is 0 Å². The molecule has 120 valence electrons. The maximum absolute atomic E-state index is 11.8. The first kappa shape index (κ1) is 16.3. The van der Waals surface area contributed by atoms with E-state index in [1.165, 1.54) is 19.3 Å². The molecule has 0 saturated heterocycles. The molecule has 21 heavy (non-hydrogen) atoms. The zero-order chi connectivity index (χ0) is 15.1. The van der Waals surface area contributed by atoms with E-state index in [0.717, 1.165) is 38.5 Å². The van der Waals surface area contributed by atoms with Crippen molar-refractivity contribution in [1.29, 1.82) is 0 Å². The average Bonchev–Trinajstić information content (AvgIpc) is 2.49. The molecule has 0 bridgehead atoms. The lowest BCUT2D eigenvalue weighted by Crippen LogP contribution is -2.44. The molecule has 0 aromatic heterocycles. The van der Waals surface area contributed by atoms with Crippen LogP contribution >= 0.6 is 0 Å². The largest absolute Gasteiger partial charge is 0.393 e. The summed E-state index contributed by atoms with van der Waals surface area (Å²) in [6, 6.07) is 0.149. The molecule has 5 heteroatoms. The molecule has 2 aliphatic rings. The molecule has 0 heterocycles. The second kappa shape index (κ2) is 8.37. The quantitative estimate of drug-likeness (QED) is 0.719. The number of carbonyl (C=O) groups excluding carboxylic acids is 2. The SMILES string of the molecule is O=C(CC1CCCCC1)NCC(=O)NC1CCC(O)CC1. The Morgan fingerprint density at radius 1 is 0.905 bits per heavy atom. The summed E-state index contributed by atoms with van der Waals surface area (Å²) in [7, 11) is 0. The van der Waals surface area contributed by atoms with Crippen molar-refractivity contribution in [2.45, 2.75) is 76.4 Å². The molecule has 0 atom stereocenters. The Morgan fingerprint density at radius 3 is 2.24 bits per heavy atom. The molecule has 2 aliphatic carbocycles. The van der Waals surface area contributed by atoms with Crippen molar-refractivity contribution >= 4 is 11.8 Å². The number of carbonyl (C=O) groups is 2. The summed E-state index contributed by atoms with van der Waals surface area (Å²) in [6.45, 7) is 0.0740. The van der Waals surface area contributed by atoms with Gasteiger partial charge in [0.25, 0.3) is 0 Å². The molecule has 2 rings (SSSR count). The Morgan fingerprint density at radius 2 is 1.57 bits per heavy atom. The van der Waals surface area contributed by atoms with Gasteiger partial charge in [-0.2, -0.15) is 0 Å². The first-order valence-electron chi connectivity index (χ1n) is 8.37. The monoisotopic (exact) mass is 296 g/mol. The van der Waals surface area contributed by atoms with Crippen LogP contribution in [0, 0.1) is 5.92 Å². The smallest absolute Gasteiger partial charge is 0.239 e. The fraction of sp³-hybridized carbons (Fsp3) is 0.875. The van der Waals surface area contributed by atoms with Crippen LogP contribution < -0.4 is 10.6 Å². The van der Waals surface area contributed by atoms with Crippen molar-refractivity contribution in [3.05, 3.63) is 0 Å². The second-order valence-electron chi connectivity index (χ2n) is 6.56. The summed E-state index contributed by atoms with van der Waals surface area (Å²) < 4.78 is 0. The molecular weight excluding hydrogens is 268 g/mol. The van der Waals surface area contributed by atoms with Crippen molar-refractivity contribution < 1.29 is 14.7 Å². The van der Waals surface area contributed by atoms with Gasteiger partial charge in [-0.1, -0.05) is 19.3 Å². The van der Waals surface area contributed by atoms with Crippen LogP contribution in [-0.4, -0.2) is 35.6 Å². The van der Waals surface area contributed by atoms with Gasteiger partial charge < -0.3 is 15.7 Å². The van der Waals surface area contributed by atoms with Crippen molar-refractivity contribution in [3.8, 4) is 0 Å². The standard InChI is InChI=1S/C16H28N2O3/c19-14-8-6-13(7-9-14)18-16(21)11-17-15(20)10-12-4-2-1-3-5-12/h12-14,19H,1-11H2,(H,17,20)(H,18,21). The Labute approximate surface area is 126 Å².